The van der Waals surface area contributed by atoms with E-state index in [9.17, 15) is 13.2 Å². The molecule has 1 aromatic heterocycles. The number of aryl methyl sites for hydroxylation is 1. The van der Waals surface area contributed by atoms with Crippen LogP contribution in [0.25, 0.3) is 0 Å². The van der Waals surface area contributed by atoms with Crippen LogP contribution in [-0.4, -0.2) is 55.5 Å². The van der Waals surface area contributed by atoms with Gasteiger partial charge in [0, 0.05) is 37.8 Å². The third-order valence-electron chi connectivity index (χ3n) is 6.07. The van der Waals surface area contributed by atoms with Crippen LogP contribution in [0, 0.1) is 6.92 Å². The maximum absolute atomic E-state index is 13.2. The van der Waals surface area contributed by atoms with Gasteiger partial charge >= 0.3 is 0 Å². The van der Waals surface area contributed by atoms with Crippen LogP contribution in [0.3, 0.4) is 0 Å². The third-order valence-corrected chi connectivity index (χ3v) is 7.42. The van der Waals surface area contributed by atoms with Crippen LogP contribution in [0.1, 0.15) is 40.9 Å². The van der Waals surface area contributed by atoms with E-state index in [4.69, 9.17) is 4.52 Å². The molecule has 1 fully saturated rings. The number of nitrogens with one attached hydrogen (secondary N) is 1. The van der Waals surface area contributed by atoms with Gasteiger partial charge in [0.2, 0.25) is 0 Å². The second kappa shape index (κ2) is 10.4. The highest BCUT2D eigenvalue weighted by atomic mass is 32.2. The first-order valence-electron chi connectivity index (χ1n) is 11.4. The summed E-state index contributed by atoms with van der Waals surface area (Å²) < 4.78 is 32.8. The molecular formula is C25H30N4O4S. The zero-order valence-corrected chi connectivity index (χ0v) is 20.3. The largest absolute Gasteiger partial charge is 0.360 e. The number of hydrogen-bond donors (Lipinski definition) is 1. The van der Waals surface area contributed by atoms with Gasteiger partial charge < -0.3 is 9.42 Å². The van der Waals surface area contributed by atoms with Gasteiger partial charge in [0.15, 0.2) is 5.82 Å². The number of sulfonamides is 1. The van der Waals surface area contributed by atoms with Crippen LogP contribution >= 0.6 is 0 Å². The minimum absolute atomic E-state index is 0.00391. The second-order valence-electron chi connectivity index (χ2n) is 8.75. The van der Waals surface area contributed by atoms with Crippen molar-refractivity contribution in [3.63, 3.8) is 0 Å². The number of hydrogen-bond acceptors (Lipinski definition) is 6. The van der Waals surface area contributed by atoms with Crippen molar-refractivity contribution in [1.82, 2.24) is 15.0 Å². The summed E-state index contributed by atoms with van der Waals surface area (Å²) in [6, 6.07) is 18.2. The number of rotatable bonds is 8. The number of likely N-dealkylation sites (N-methyl/N-ethyl adjacent to an activating group) is 1. The molecule has 4 rings (SSSR count). The molecule has 0 saturated carbocycles. The zero-order valence-electron chi connectivity index (χ0n) is 19.5. The summed E-state index contributed by atoms with van der Waals surface area (Å²) in [5.41, 5.74) is 1.59. The van der Waals surface area contributed by atoms with Gasteiger partial charge in [-0.25, -0.2) is 8.42 Å². The Labute approximate surface area is 200 Å². The summed E-state index contributed by atoms with van der Waals surface area (Å²) in [6.45, 7) is 4.11. The van der Waals surface area contributed by atoms with Crippen LogP contribution in [0.4, 0.5) is 5.82 Å². The van der Waals surface area contributed by atoms with E-state index < -0.39 is 10.0 Å². The topological polar surface area (TPSA) is 95.8 Å². The van der Waals surface area contributed by atoms with Crippen LogP contribution in [0.2, 0.25) is 0 Å². The molecule has 1 atom stereocenters. The van der Waals surface area contributed by atoms with E-state index >= 15 is 0 Å². The summed E-state index contributed by atoms with van der Waals surface area (Å²) in [6.07, 6.45) is 3.32. The molecule has 0 spiro atoms. The Morgan fingerprint density at radius 3 is 2.68 bits per heavy atom. The predicted octanol–water partition coefficient (Wildman–Crippen LogP) is 3.91. The Hall–Kier alpha value is -3.17. The predicted molar refractivity (Wildman–Crippen MR) is 130 cm³/mol. The van der Waals surface area contributed by atoms with E-state index in [1.165, 1.54) is 23.8 Å². The average Bonchev–Trinajstić information content (AvgIpc) is 3.24. The molecule has 0 radical (unpaired) electrons. The molecule has 9 heteroatoms. The number of nitrogens with zero attached hydrogens (tertiary/aromatic N) is 3. The molecule has 3 aromatic rings. The quantitative estimate of drug-likeness (QED) is 0.523. The minimum atomic E-state index is -3.90. The fourth-order valence-electron chi connectivity index (χ4n) is 4.32. The van der Waals surface area contributed by atoms with E-state index in [-0.39, 0.29) is 22.7 Å². The lowest BCUT2D eigenvalue weighted by atomic mass is 10.0. The summed E-state index contributed by atoms with van der Waals surface area (Å²) in [7, 11) is -2.13. The number of amides is 1. The van der Waals surface area contributed by atoms with Crippen molar-refractivity contribution < 1.29 is 17.7 Å². The fourth-order valence-corrected chi connectivity index (χ4v) is 5.35. The van der Waals surface area contributed by atoms with Crippen molar-refractivity contribution >= 4 is 21.7 Å². The summed E-state index contributed by atoms with van der Waals surface area (Å²) >= 11 is 0. The second-order valence-corrected chi connectivity index (χ2v) is 10.4. The molecule has 0 unspecified atom stereocenters. The van der Waals surface area contributed by atoms with Gasteiger partial charge in [0.05, 0.1) is 4.90 Å². The highest BCUT2D eigenvalue weighted by Gasteiger charge is 2.26. The number of piperidine rings is 1. The number of carbonyl (C=O) groups excluding carboxylic acids is 1. The number of anilines is 1. The molecule has 0 aliphatic carbocycles. The molecule has 34 heavy (non-hydrogen) atoms. The molecule has 1 N–H and O–H groups in total. The first kappa shape index (κ1) is 24.0. The van der Waals surface area contributed by atoms with Crippen molar-refractivity contribution in [2.24, 2.45) is 0 Å². The summed E-state index contributed by atoms with van der Waals surface area (Å²) in [5, 5.41) is 3.67. The molecule has 1 aliphatic rings. The molecule has 1 aliphatic heterocycles. The zero-order chi connectivity index (χ0) is 24.1. The van der Waals surface area contributed by atoms with Gasteiger partial charge in [-0.15, -0.1) is 0 Å². The number of carbonyl (C=O) groups is 1. The van der Waals surface area contributed by atoms with E-state index in [0.29, 0.717) is 17.9 Å². The lowest BCUT2D eigenvalue weighted by Crippen LogP contribution is -2.46. The highest BCUT2D eigenvalue weighted by molar-refractivity contribution is 7.92. The van der Waals surface area contributed by atoms with Crippen molar-refractivity contribution in [3.05, 3.63) is 77.6 Å². The lowest BCUT2D eigenvalue weighted by Gasteiger charge is -2.38. The number of aromatic nitrogens is 1. The van der Waals surface area contributed by atoms with Gasteiger partial charge in [-0.1, -0.05) is 48.0 Å². The van der Waals surface area contributed by atoms with Crippen LogP contribution < -0.4 is 4.72 Å². The van der Waals surface area contributed by atoms with E-state index in [2.05, 4.69) is 26.9 Å². The van der Waals surface area contributed by atoms with E-state index in [1.807, 2.05) is 18.2 Å². The van der Waals surface area contributed by atoms with Gasteiger partial charge in [-0.05, 0) is 50.1 Å². The van der Waals surface area contributed by atoms with Crippen molar-refractivity contribution in [2.45, 2.75) is 43.7 Å². The monoisotopic (exact) mass is 482 g/mol. The number of likely N-dealkylation sites (tertiary alicyclic amines) is 1. The van der Waals surface area contributed by atoms with E-state index in [0.717, 1.165) is 32.4 Å². The standard InChI is InChI=1S/C25H30N4O4S/c1-19-15-24(26-33-19)27-34(31,32)23-13-8-11-21(16-23)25(30)28(2)18-22-12-6-7-14-29(22)17-20-9-4-3-5-10-20/h3-5,8-11,13,15-16,22H,6-7,12,14,17-18H2,1-2H3,(H,26,27)/t22-/m1/s1. The fraction of sp³-hybridized carbons (Fsp3) is 0.360. The molecule has 180 valence electrons. The molecule has 8 nitrogen and oxygen atoms in total. The van der Waals surface area contributed by atoms with Gasteiger partial charge in [-0.2, -0.15) is 0 Å². The normalized spacial score (nSPS) is 16.8. The smallest absolute Gasteiger partial charge is 0.263 e. The first-order valence-corrected chi connectivity index (χ1v) is 12.9. The maximum Gasteiger partial charge on any atom is 0.263 e. The van der Waals surface area contributed by atoms with Crippen LogP contribution in [0.15, 0.2) is 70.1 Å². The number of benzene rings is 2. The van der Waals surface area contributed by atoms with Crippen LogP contribution in [-0.2, 0) is 16.6 Å². The molecule has 1 saturated heterocycles. The average molecular weight is 483 g/mol. The van der Waals surface area contributed by atoms with E-state index in [1.54, 1.807) is 31.0 Å². The molecule has 2 heterocycles. The first-order chi connectivity index (χ1) is 16.3. The third kappa shape index (κ3) is 5.84. The summed E-state index contributed by atoms with van der Waals surface area (Å²) in [5.74, 6) is 0.383. The molecular weight excluding hydrogens is 452 g/mol. The van der Waals surface area contributed by atoms with Crippen LogP contribution in [0.5, 0.6) is 0 Å². The molecule has 2 aromatic carbocycles. The molecule has 0 bridgehead atoms. The Morgan fingerprint density at radius 1 is 1.15 bits per heavy atom. The Balaban J connectivity index is 1.44. The maximum atomic E-state index is 13.2. The Bertz CT molecular complexity index is 1230. The lowest BCUT2D eigenvalue weighted by molar-refractivity contribution is 0.0670. The van der Waals surface area contributed by atoms with Crippen molar-refractivity contribution in [2.75, 3.05) is 24.9 Å². The highest BCUT2D eigenvalue weighted by Crippen LogP contribution is 2.22. The van der Waals surface area contributed by atoms with Crippen molar-refractivity contribution in [3.8, 4) is 0 Å². The van der Waals surface area contributed by atoms with Gasteiger partial charge in [-0.3, -0.25) is 14.4 Å². The van der Waals surface area contributed by atoms with Crippen molar-refractivity contribution in [1.29, 1.82) is 0 Å². The Morgan fingerprint density at radius 2 is 1.94 bits per heavy atom. The van der Waals surface area contributed by atoms with Gasteiger partial charge in [0.25, 0.3) is 15.9 Å². The summed E-state index contributed by atoms with van der Waals surface area (Å²) in [4.78, 5) is 17.3. The SMILES string of the molecule is Cc1cc(NS(=O)(=O)c2cccc(C(=O)N(C)C[C@H]3CCCCN3Cc3ccccc3)c2)no1. The Kier molecular flexibility index (Phi) is 7.33. The van der Waals surface area contributed by atoms with Gasteiger partial charge in [0.1, 0.15) is 5.76 Å². The molecule has 1 amide bonds. The minimum Gasteiger partial charge on any atom is -0.360 e.